The predicted molar refractivity (Wildman–Crippen MR) is 141 cm³/mol. The molecule has 4 heterocycles. The van der Waals surface area contributed by atoms with Crippen molar-refractivity contribution in [1.82, 2.24) is 20.3 Å². The van der Waals surface area contributed by atoms with Crippen molar-refractivity contribution in [2.45, 2.75) is 51.3 Å². The summed E-state index contributed by atoms with van der Waals surface area (Å²) in [6.45, 7) is 6.26. The summed E-state index contributed by atoms with van der Waals surface area (Å²) in [7, 11) is 1.66. The molecule has 1 aliphatic carbocycles. The van der Waals surface area contributed by atoms with Crippen LogP contribution in [0.15, 0.2) is 12.1 Å². The molecule has 5 N–H and O–H groups in total. The zero-order valence-electron chi connectivity index (χ0n) is 20.9. The SMILES string of the molecule is COCCOC1CN(c2ccc3c(n2)CCC(NC(=O)c2sc4nc(C)nc(C)c4c2N)C3)CC1N. The molecule has 0 spiro atoms. The van der Waals surface area contributed by atoms with Crippen LogP contribution in [0.25, 0.3) is 10.2 Å². The third kappa shape index (κ3) is 4.88. The zero-order valence-corrected chi connectivity index (χ0v) is 21.7. The maximum absolute atomic E-state index is 13.1. The highest BCUT2D eigenvalue weighted by Crippen LogP contribution is 2.34. The van der Waals surface area contributed by atoms with Crippen molar-refractivity contribution >= 4 is 39.0 Å². The molecule has 0 saturated carbocycles. The van der Waals surface area contributed by atoms with Crippen LogP contribution in [0.1, 0.15) is 38.9 Å². The quantitative estimate of drug-likeness (QED) is 0.404. The maximum atomic E-state index is 13.1. The van der Waals surface area contributed by atoms with Crippen molar-refractivity contribution in [2.24, 2.45) is 5.73 Å². The molecule has 1 saturated heterocycles. The molecule has 3 aromatic heterocycles. The topological polar surface area (TPSA) is 142 Å². The van der Waals surface area contributed by atoms with Crippen molar-refractivity contribution in [2.75, 3.05) is 44.0 Å². The maximum Gasteiger partial charge on any atom is 0.263 e. The molecule has 3 atom stereocenters. The van der Waals surface area contributed by atoms with Crippen LogP contribution in [-0.2, 0) is 22.3 Å². The number of methoxy groups -OCH3 is 1. The van der Waals surface area contributed by atoms with Crippen LogP contribution in [0.3, 0.4) is 0 Å². The smallest absolute Gasteiger partial charge is 0.263 e. The molecule has 0 aromatic carbocycles. The van der Waals surface area contributed by atoms with E-state index in [-0.39, 0.29) is 24.1 Å². The molecule has 36 heavy (non-hydrogen) atoms. The number of hydrogen-bond acceptors (Lipinski definition) is 10. The van der Waals surface area contributed by atoms with Crippen LogP contribution in [0, 0.1) is 13.8 Å². The second kappa shape index (κ2) is 10.3. The number of fused-ring (bicyclic) bond motifs is 2. The van der Waals surface area contributed by atoms with Gasteiger partial charge >= 0.3 is 0 Å². The van der Waals surface area contributed by atoms with Gasteiger partial charge in [0.2, 0.25) is 0 Å². The highest BCUT2D eigenvalue weighted by Gasteiger charge is 2.32. The number of nitrogens with zero attached hydrogens (tertiary/aromatic N) is 4. The normalized spacial score (nSPS) is 21.7. The lowest BCUT2D eigenvalue weighted by Crippen LogP contribution is -2.39. The summed E-state index contributed by atoms with van der Waals surface area (Å²) in [5.41, 5.74) is 16.1. The lowest BCUT2D eigenvalue weighted by molar-refractivity contribution is 0.0212. The van der Waals surface area contributed by atoms with Crippen molar-refractivity contribution < 1.29 is 14.3 Å². The van der Waals surface area contributed by atoms with Crippen molar-refractivity contribution in [3.05, 3.63) is 39.8 Å². The molecule has 10 nitrogen and oxygen atoms in total. The van der Waals surface area contributed by atoms with Crippen LogP contribution < -0.4 is 21.7 Å². The molecule has 0 bridgehead atoms. The number of anilines is 2. The number of rotatable bonds is 7. The Morgan fingerprint density at radius 3 is 2.86 bits per heavy atom. The number of nitrogen functional groups attached to an aromatic ring is 1. The highest BCUT2D eigenvalue weighted by molar-refractivity contribution is 7.21. The van der Waals surface area contributed by atoms with Gasteiger partial charge in [0.15, 0.2) is 0 Å². The van der Waals surface area contributed by atoms with Gasteiger partial charge in [-0.05, 0) is 44.7 Å². The fourth-order valence-electron chi connectivity index (χ4n) is 5.09. The molecule has 1 aliphatic heterocycles. The van der Waals surface area contributed by atoms with E-state index in [9.17, 15) is 4.79 Å². The summed E-state index contributed by atoms with van der Waals surface area (Å²) >= 11 is 1.32. The first-order valence-corrected chi connectivity index (χ1v) is 13.1. The third-order valence-corrected chi connectivity index (χ3v) is 8.02. The minimum atomic E-state index is -0.156. The molecule has 192 valence electrons. The number of carbonyl (C=O) groups is 1. The molecule has 11 heteroatoms. The number of hydrogen-bond donors (Lipinski definition) is 3. The molecule has 0 radical (unpaired) electrons. The number of ether oxygens (including phenoxy) is 2. The second-order valence-corrected chi connectivity index (χ2v) is 10.5. The lowest BCUT2D eigenvalue weighted by atomic mass is 9.91. The number of carbonyl (C=O) groups excluding carboxylic acids is 1. The summed E-state index contributed by atoms with van der Waals surface area (Å²) in [4.78, 5) is 30.3. The van der Waals surface area contributed by atoms with Gasteiger partial charge in [0.1, 0.15) is 21.3 Å². The molecule has 1 fully saturated rings. The molecule has 2 aliphatic rings. The Balaban J connectivity index is 1.24. The molecule has 1 amide bonds. The van der Waals surface area contributed by atoms with E-state index in [1.54, 1.807) is 7.11 Å². The van der Waals surface area contributed by atoms with Gasteiger partial charge in [0, 0.05) is 31.9 Å². The van der Waals surface area contributed by atoms with E-state index >= 15 is 0 Å². The fourth-order valence-corrected chi connectivity index (χ4v) is 6.19. The first-order chi connectivity index (χ1) is 17.3. The molecule has 5 rings (SSSR count). The minimum Gasteiger partial charge on any atom is -0.397 e. The predicted octanol–water partition coefficient (Wildman–Crippen LogP) is 1.75. The Bertz CT molecular complexity index is 1280. The Hall–Kier alpha value is -2.86. The van der Waals surface area contributed by atoms with Crippen LogP contribution >= 0.6 is 11.3 Å². The standard InChI is InChI=1S/C25H33N7O3S/c1-13-21-22(27)23(36-25(21)29-14(2)28-13)24(33)30-16-5-6-18-15(10-16)4-7-20(31-18)32-11-17(26)19(12-32)35-9-8-34-3/h4,7,16-17,19H,5-6,8-12,26-27H2,1-3H3,(H,30,33). The molecular weight excluding hydrogens is 478 g/mol. The van der Waals surface area contributed by atoms with Crippen LogP contribution in [0.5, 0.6) is 0 Å². The average molecular weight is 512 g/mol. The van der Waals surface area contributed by atoms with Crippen molar-refractivity contribution in [3.8, 4) is 0 Å². The number of amides is 1. The Labute approximate surface area is 214 Å². The number of thiophene rings is 1. The van der Waals surface area contributed by atoms with Gasteiger partial charge in [-0.15, -0.1) is 11.3 Å². The first kappa shape index (κ1) is 24.8. The Kier molecular flexibility index (Phi) is 7.07. The summed E-state index contributed by atoms with van der Waals surface area (Å²) in [5.74, 6) is 1.44. The number of nitrogens with one attached hydrogen (secondary N) is 1. The van der Waals surface area contributed by atoms with Gasteiger partial charge in [0.25, 0.3) is 5.91 Å². The fraction of sp³-hybridized carbons (Fsp3) is 0.520. The van der Waals surface area contributed by atoms with Gasteiger partial charge in [-0.2, -0.15) is 0 Å². The van der Waals surface area contributed by atoms with Crippen LogP contribution in [0.4, 0.5) is 11.5 Å². The summed E-state index contributed by atoms with van der Waals surface area (Å²) in [6, 6.07) is 4.13. The third-order valence-electron chi connectivity index (χ3n) is 6.92. The van der Waals surface area contributed by atoms with E-state index in [0.717, 1.165) is 58.8 Å². The Morgan fingerprint density at radius 1 is 1.22 bits per heavy atom. The number of pyridine rings is 1. The van der Waals surface area contributed by atoms with E-state index in [4.69, 9.17) is 25.9 Å². The number of nitrogens with two attached hydrogens (primary N) is 2. The van der Waals surface area contributed by atoms with E-state index < -0.39 is 0 Å². The van der Waals surface area contributed by atoms with Crippen LogP contribution in [0.2, 0.25) is 0 Å². The lowest BCUT2D eigenvalue weighted by Gasteiger charge is -2.26. The second-order valence-electron chi connectivity index (χ2n) is 9.54. The summed E-state index contributed by atoms with van der Waals surface area (Å²) in [6.07, 6.45) is 2.32. The van der Waals surface area contributed by atoms with Gasteiger partial charge < -0.3 is 31.2 Å². The van der Waals surface area contributed by atoms with E-state index in [0.29, 0.717) is 36.1 Å². The van der Waals surface area contributed by atoms with Crippen molar-refractivity contribution in [1.29, 1.82) is 0 Å². The van der Waals surface area contributed by atoms with Gasteiger partial charge in [-0.1, -0.05) is 6.07 Å². The molecule has 3 aromatic rings. The summed E-state index contributed by atoms with van der Waals surface area (Å²) in [5, 5.41) is 3.95. The zero-order chi connectivity index (χ0) is 25.4. The van der Waals surface area contributed by atoms with Crippen molar-refractivity contribution in [3.63, 3.8) is 0 Å². The van der Waals surface area contributed by atoms with Gasteiger partial charge in [-0.25, -0.2) is 15.0 Å². The molecular formula is C25H33N7O3S. The molecule has 3 unspecified atom stereocenters. The number of aromatic nitrogens is 3. The summed E-state index contributed by atoms with van der Waals surface area (Å²) < 4.78 is 10.9. The minimum absolute atomic E-state index is 0.0231. The number of aryl methyl sites for hydroxylation is 3. The largest absolute Gasteiger partial charge is 0.397 e. The monoisotopic (exact) mass is 511 g/mol. The van der Waals surface area contributed by atoms with Crippen LogP contribution in [-0.4, -0.2) is 72.5 Å². The highest BCUT2D eigenvalue weighted by atomic mass is 32.1. The Morgan fingerprint density at radius 2 is 2.06 bits per heavy atom. The van der Waals surface area contributed by atoms with E-state index in [2.05, 4.69) is 26.3 Å². The average Bonchev–Trinajstić information content (AvgIpc) is 3.38. The first-order valence-electron chi connectivity index (χ1n) is 12.3. The van der Waals surface area contributed by atoms with E-state index in [1.807, 2.05) is 19.9 Å². The van der Waals surface area contributed by atoms with E-state index in [1.165, 1.54) is 11.3 Å². The van der Waals surface area contributed by atoms with Gasteiger partial charge in [0.05, 0.1) is 42.1 Å². The van der Waals surface area contributed by atoms with Gasteiger partial charge in [-0.3, -0.25) is 4.79 Å².